The molecule has 5 nitrogen and oxygen atoms in total. The number of carbonyl (C=O) groups excluding carboxylic acids is 1. The van der Waals surface area contributed by atoms with Gasteiger partial charge < -0.3 is 4.74 Å². The second kappa shape index (κ2) is 5.55. The van der Waals surface area contributed by atoms with Crippen LogP contribution in [0, 0.1) is 0 Å². The van der Waals surface area contributed by atoms with Crippen molar-refractivity contribution in [1.29, 1.82) is 0 Å². The van der Waals surface area contributed by atoms with Gasteiger partial charge in [0.25, 0.3) is 0 Å². The number of ether oxygens (including phenoxy) is 1. The van der Waals surface area contributed by atoms with Gasteiger partial charge in [-0.25, -0.2) is 0 Å². The van der Waals surface area contributed by atoms with E-state index in [-0.39, 0.29) is 23.5 Å². The van der Waals surface area contributed by atoms with Gasteiger partial charge in [0.2, 0.25) is 0 Å². The molecule has 0 unspecified atom stereocenters. The summed E-state index contributed by atoms with van der Waals surface area (Å²) in [7, 11) is 1.68. The maximum atomic E-state index is 12.2. The smallest absolute Gasteiger partial charge is 0.387 e. The first-order valence-corrected chi connectivity index (χ1v) is 5.48. The summed E-state index contributed by atoms with van der Waals surface area (Å²) in [5.74, 6) is -0.483. The summed E-state index contributed by atoms with van der Waals surface area (Å²) in [6, 6.07) is 5.88. The molecule has 0 aliphatic heterocycles. The van der Waals surface area contributed by atoms with Crippen LogP contribution >= 0.6 is 0 Å². The molecule has 100 valence electrons. The van der Waals surface area contributed by atoms with Crippen molar-refractivity contribution in [3.8, 4) is 5.75 Å². The molecule has 2 aromatic rings. The fraction of sp³-hybridized carbons (Fsp3) is 0.250. The van der Waals surface area contributed by atoms with E-state index in [1.807, 2.05) is 0 Å². The van der Waals surface area contributed by atoms with E-state index in [0.717, 1.165) is 0 Å². The van der Waals surface area contributed by atoms with Crippen molar-refractivity contribution < 1.29 is 18.3 Å². The Balaban J connectivity index is 2.18. The van der Waals surface area contributed by atoms with Crippen LogP contribution in [0.5, 0.6) is 5.75 Å². The highest BCUT2D eigenvalue weighted by molar-refractivity contribution is 5.99. The van der Waals surface area contributed by atoms with Gasteiger partial charge in [0.1, 0.15) is 5.75 Å². The Morgan fingerprint density at radius 2 is 2.16 bits per heavy atom. The Morgan fingerprint density at radius 1 is 1.42 bits per heavy atom. The van der Waals surface area contributed by atoms with Crippen LogP contribution in [0.25, 0.3) is 0 Å². The van der Waals surface area contributed by atoms with Gasteiger partial charge in [-0.15, -0.1) is 5.10 Å². The molecule has 7 heteroatoms. The van der Waals surface area contributed by atoms with Crippen LogP contribution in [0.3, 0.4) is 0 Å². The first-order valence-electron chi connectivity index (χ1n) is 5.48. The number of ketones is 1. The molecule has 1 aromatic carbocycles. The number of nitrogens with zero attached hydrogens (tertiary/aromatic N) is 3. The van der Waals surface area contributed by atoms with Crippen LogP contribution in [0.2, 0.25) is 0 Å². The summed E-state index contributed by atoms with van der Waals surface area (Å²) in [6.07, 6.45) is 1.58. The molecule has 1 heterocycles. The number of rotatable bonds is 5. The number of benzene rings is 1. The molecule has 0 atom stereocenters. The number of aromatic nitrogens is 3. The highest BCUT2D eigenvalue weighted by Crippen LogP contribution is 2.21. The third-order valence-electron chi connectivity index (χ3n) is 2.40. The van der Waals surface area contributed by atoms with Crippen LogP contribution < -0.4 is 4.74 Å². The lowest BCUT2D eigenvalue weighted by Gasteiger charge is -2.08. The predicted octanol–water partition coefficient (Wildman–Crippen LogP) is 1.84. The number of aryl methyl sites for hydroxylation is 1. The topological polar surface area (TPSA) is 57.0 Å². The molecular formula is C12H11F2N3O2. The summed E-state index contributed by atoms with van der Waals surface area (Å²) in [4.78, 5) is 12.0. The van der Waals surface area contributed by atoms with Gasteiger partial charge in [0.15, 0.2) is 5.78 Å². The number of hydrogen-bond acceptors (Lipinski definition) is 4. The minimum absolute atomic E-state index is 0.0164. The van der Waals surface area contributed by atoms with Crippen LogP contribution in [0.1, 0.15) is 16.1 Å². The van der Waals surface area contributed by atoms with E-state index in [2.05, 4.69) is 15.0 Å². The molecule has 2 rings (SSSR count). The summed E-state index contributed by atoms with van der Waals surface area (Å²) in [5, 5.41) is 7.47. The van der Waals surface area contributed by atoms with E-state index in [1.54, 1.807) is 19.3 Å². The van der Waals surface area contributed by atoms with Gasteiger partial charge in [-0.05, 0) is 12.1 Å². The van der Waals surface area contributed by atoms with E-state index < -0.39 is 6.61 Å². The van der Waals surface area contributed by atoms with Crippen molar-refractivity contribution in [1.82, 2.24) is 15.0 Å². The van der Waals surface area contributed by atoms with E-state index in [9.17, 15) is 13.6 Å². The van der Waals surface area contributed by atoms with Gasteiger partial charge in [0, 0.05) is 13.2 Å². The van der Waals surface area contributed by atoms with Gasteiger partial charge in [-0.3, -0.25) is 9.48 Å². The second-order valence-corrected chi connectivity index (χ2v) is 3.86. The second-order valence-electron chi connectivity index (χ2n) is 3.86. The molecule has 0 amide bonds. The maximum Gasteiger partial charge on any atom is 0.387 e. The predicted molar refractivity (Wildman–Crippen MR) is 62.1 cm³/mol. The Hall–Kier alpha value is -2.31. The lowest BCUT2D eigenvalue weighted by Crippen LogP contribution is -2.10. The number of carbonyl (C=O) groups is 1. The minimum atomic E-state index is -2.97. The van der Waals surface area contributed by atoms with Crippen molar-refractivity contribution in [3.63, 3.8) is 0 Å². The standard InChI is InChI=1S/C12H11F2N3O2/c1-17-7-8(15-16-17)6-10(18)9-4-2-3-5-11(9)19-12(13)14/h2-5,7,12H,6H2,1H3. The van der Waals surface area contributed by atoms with Gasteiger partial charge >= 0.3 is 6.61 Å². The Morgan fingerprint density at radius 3 is 2.79 bits per heavy atom. The first kappa shape index (κ1) is 13.1. The average Bonchev–Trinajstić information content (AvgIpc) is 2.74. The molecule has 1 aromatic heterocycles. The summed E-state index contributed by atoms with van der Waals surface area (Å²) in [5.41, 5.74) is 0.577. The summed E-state index contributed by atoms with van der Waals surface area (Å²) >= 11 is 0. The van der Waals surface area contributed by atoms with E-state index in [4.69, 9.17) is 0 Å². The van der Waals surface area contributed by atoms with Crippen molar-refractivity contribution in [3.05, 3.63) is 41.7 Å². The monoisotopic (exact) mass is 267 g/mol. The van der Waals surface area contributed by atoms with E-state index >= 15 is 0 Å². The zero-order chi connectivity index (χ0) is 13.8. The SMILES string of the molecule is Cn1cc(CC(=O)c2ccccc2OC(F)F)nn1. The Kier molecular flexibility index (Phi) is 3.84. The quantitative estimate of drug-likeness (QED) is 0.776. The molecule has 0 saturated carbocycles. The molecule has 0 radical (unpaired) electrons. The fourth-order valence-corrected chi connectivity index (χ4v) is 1.63. The first-order chi connectivity index (χ1) is 9.06. The normalized spacial score (nSPS) is 10.7. The van der Waals surface area contributed by atoms with E-state index in [1.165, 1.54) is 22.9 Å². The van der Waals surface area contributed by atoms with Gasteiger partial charge in [-0.2, -0.15) is 8.78 Å². The molecular weight excluding hydrogens is 256 g/mol. The zero-order valence-electron chi connectivity index (χ0n) is 10.1. The molecule has 0 N–H and O–H groups in total. The average molecular weight is 267 g/mol. The molecule has 19 heavy (non-hydrogen) atoms. The largest absolute Gasteiger partial charge is 0.434 e. The molecule has 0 aliphatic rings. The lowest BCUT2D eigenvalue weighted by molar-refractivity contribution is -0.0501. The van der Waals surface area contributed by atoms with E-state index in [0.29, 0.717) is 5.69 Å². The number of alkyl halides is 2. The maximum absolute atomic E-state index is 12.2. The number of halogens is 2. The third kappa shape index (κ3) is 3.34. The van der Waals surface area contributed by atoms with Crippen molar-refractivity contribution in [2.24, 2.45) is 7.05 Å². The van der Waals surface area contributed by atoms with Gasteiger partial charge in [0.05, 0.1) is 17.7 Å². The van der Waals surface area contributed by atoms with Crippen LogP contribution in [0.4, 0.5) is 8.78 Å². The highest BCUT2D eigenvalue weighted by atomic mass is 19.3. The molecule has 0 saturated heterocycles. The van der Waals surface area contributed by atoms with Crippen LogP contribution in [-0.4, -0.2) is 27.4 Å². The summed E-state index contributed by atoms with van der Waals surface area (Å²) < 4.78 is 30.2. The Labute approximate surface area is 107 Å². The van der Waals surface area contributed by atoms with Gasteiger partial charge in [-0.1, -0.05) is 17.3 Å². The number of para-hydroxylation sites is 1. The third-order valence-corrected chi connectivity index (χ3v) is 2.40. The molecule has 0 bridgehead atoms. The Bertz CT molecular complexity index is 584. The minimum Gasteiger partial charge on any atom is -0.434 e. The number of hydrogen-bond donors (Lipinski definition) is 0. The molecule has 0 aliphatic carbocycles. The van der Waals surface area contributed by atoms with Crippen molar-refractivity contribution in [2.45, 2.75) is 13.0 Å². The molecule has 0 spiro atoms. The number of Topliss-reactive ketones (excluding diaryl/α,β-unsaturated/α-hetero) is 1. The summed E-state index contributed by atoms with van der Waals surface area (Å²) in [6.45, 7) is -2.97. The zero-order valence-corrected chi connectivity index (χ0v) is 10.1. The van der Waals surface area contributed by atoms with Crippen molar-refractivity contribution >= 4 is 5.78 Å². The van der Waals surface area contributed by atoms with Crippen LogP contribution in [-0.2, 0) is 13.5 Å². The van der Waals surface area contributed by atoms with Crippen molar-refractivity contribution in [2.75, 3.05) is 0 Å². The molecule has 0 fully saturated rings. The lowest BCUT2D eigenvalue weighted by atomic mass is 10.1. The highest BCUT2D eigenvalue weighted by Gasteiger charge is 2.16. The fourth-order valence-electron chi connectivity index (χ4n) is 1.63. The van der Waals surface area contributed by atoms with Crippen LogP contribution in [0.15, 0.2) is 30.5 Å².